The molecule has 0 fully saturated rings. The fourth-order valence-corrected chi connectivity index (χ4v) is 5.00. The third-order valence-electron chi connectivity index (χ3n) is 6.51. The molecule has 2 heterocycles. The summed E-state index contributed by atoms with van der Waals surface area (Å²) in [5, 5.41) is 3.32. The van der Waals surface area contributed by atoms with E-state index in [4.69, 9.17) is 0 Å². The highest BCUT2D eigenvalue weighted by Crippen LogP contribution is 2.57. The molecule has 4 aliphatic rings. The zero-order valence-electron chi connectivity index (χ0n) is 14.8. The molecular weight excluding hydrogens is 280 g/mol. The highest BCUT2D eigenvalue weighted by atomic mass is 15.2. The first-order valence-corrected chi connectivity index (χ1v) is 8.98. The predicted molar refractivity (Wildman–Crippen MR) is 96.5 cm³/mol. The maximum atomic E-state index is 3.32. The zero-order valence-corrected chi connectivity index (χ0v) is 14.8. The summed E-state index contributed by atoms with van der Waals surface area (Å²) in [6, 6.07) is 0.629. The van der Waals surface area contributed by atoms with E-state index < -0.39 is 0 Å². The number of fused-ring (bicyclic) bond motifs is 1. The molecule has 0 saturated heterocycles. The van der Waals surface area contributed by atoms with Crippen LogP contribution in [-0.2, 0) is 0 Å². The van der Waals surface area contributed by atoms with Crippen molar-refractivity contribution >= 4 is 0 Å². The molecule has 0 radical (unpaired) electrons. The SMILES string of the molecule is CC(C)=CCN1C2=C3CC1C(C)C1(C)/C=C\N/C=C\C3=C1CC2. The van der Waals surface area contributed by atoms with Crippen LogP contribution in [-0.4, -0.2) is 17.5 Å². The molecule has 122 valence electrons. The molecule has 3 unspecified atom stereocenters. The Morgan fingerprint density at radius 3 is 2.96 bits per heavy atom. The summed E-state index contributed by atoms with van der Waals surface area (Å²) in [6.07, 6.45) is 15.0. The van der Waals surface area contributed by atoms with E-state index in [9.17, 15) is 0 Å². The smallest absolute Gasteiger partial charge is 0.0368 e. The van der Waals surface area contributed by atoms with Crippen molar-refractivity contribution in [2.45, 2.75) is 53.0 Å². The topological polar surface area (TPSA) is 15.3 Å². The summed E-state index contributed by atoms with van der Waals surface area (Å²) in [5.41, 5.74) is 8.02. The van der Waals surface area contributed by atoms with E-state index in [1.54, 1.807) is 16.8 Å². The highest BCUT2D eigenvalue weighted by molar-refractivity contribution is 5.56. The van der Waals surface area contributed by atoms with E-state index in [1.165, 1.54) is 30.4 Å². The van der Waals surface area contributed by atoms with Gasteiger partial charge in [0.2, 0.25) is 0 Å². The molecule has 0 amide bonds. The molecule has 0 spiro atoms. The van der Waals surface area contributed by atoms with Crippen molar-refractivity contribution in [2.24, 2.45) is 11.3 Å². The van der Waals surface area contributed by atoms with Gasteiger partial charge in [0.1, 0.15) is 0 Å². The van der Waals surface area contributed by atoms with E-state index in [-0.39, 0.29) is 5.41 Å². The van der Waals surface area contributed by atoms with Crippen molar-refractivity contribution in [1.82, 2.24) is 10.2 Å². The van der Waals surface area contributed by atoms with Crippen LogP contribution >= 0.6 is 0 Å². The molecule has 2 heteroatoms. The van der Waals surface area contributed by atoms with Crippen LogP contribution in [0.5, 0.6) is 0 Å². The van der Waals surface area contributed by atoms with Gasteiger partial charge in [0.15, 0.2) is 0 Å². The van der Waals surface area contributed by atoms with Crippen molar-refractivity contribution in [3.05, 3.63) is 58.6 Å². The standard InChI is InChI=1S/C21H28N2/c1-14(2)8-12-23-19-6-5-18-16-7-10-22-11-9-21(18,4)15(3)20(23)13-17(16)19/h7-11,15,20,22H,5-6,12-13H2,1-4H3/b10-7-,11-9-. The fraction of sp³-hybridized carbons (Fsp3) is 0.524. The first-order valence-electron chi connectivity index (χ1n) is 8.98. The minimum Gasteiger partial charge on any atom is -0.368 e. The lowest BCUT2D eigenvalue weighted by Gasteiger charge is -2.46. The Hall–Kier alpha value is -1.70. The summed E-state index contributed by atoms with van der Waals surface area (Å²) < 4.78 is 0. The van der Waals surface area contributed by atoms with Crippen LogP contribution in [0, 0.1) is 11.3 Å². The van der Waals surface area contributed by atoms with Crippen molar-refractivity contribution < 1.29 is 0 Å². The second kappa shape index (κ2) is 5.15. The minimum absolute atomic E-state index is 0.161. The van der Waals surface area contributed by atoms with Gasteiger partial charge in [-0.25, -0.2) is 0 Å². The maximum Gasteiger partial charge on any atom is 0.0368 e. The van der Waals surface area contributed by atoms with Gasteiger partial charge < -0.3 is 10.2 Å². The van der Waals surface area contributed by atoms with Crippen LogP contribution in [0.15, 0.2) is 58.6 Å². The van der Waals surface area contributed by atoms with Gasteiger partial charge in [-0.15, -0.1) is 0 Å². The molecule has 3 atom stereocenters. The monoisotopic (exact) mass is 308 g/mol. The van der Waals surface area contributed by atoms with Crippen LogP contribution in [0.1, 0.15) is 47.0 Å². The molecule has 1 N–H and O–H groups in total. The molecule has 0 aromatic carbocycles. The van der Waals surface area contributed by atoms with Gasteiger partial charge in [-0.2, -0.15) is 0 Å². The second-order valence-corrected chi connectivity index (χ2v) is 7.93. The van der Waals surface area contributed by atoms with Crippen LogP contribution < -0.4 is 5.32 Å². The van der Waals surface area contributed by atoms with Crippen molar-refractivity contribution in [3.63, 3.8) is 0 Å². The van der Waals surface area contributed by atoms with Gasteiger partial charge >= 0.3 is 0 Å². The van der Waals surface area contributed by atoms with Gasteiger partial charge in [-0.05, 0) is 62.5 Å². The van der Waals surface area contributed by atoms with Gasteiger partial charge in [0.25, 0.3) is 0 Å². The lowest BCUT2D eigenvalue weighted by atomic mass is 9.65. The fourth-order valence-electron chi connectivity index (χ4n) is 5.00. The minimum atomic E-state index is 0.161. The van der Waals surface area contributed by atoms with Crippen LogP contribution in [0.3, 0.4) is 0 Å². The van der Waals surface area contributed by atoms with Gasteiger partial charge in [-0.1, -0.05) is 37.1 Å². The molecule has 0 aromatic rings. The van der Waals surface area contributed by atoms with Gasteiger partial charge in [0, 0.05) is 29.9 Å². The van der Waals surface area contributed by atoms with E-state index in [1.807, 2.05) is 0 Å². The third-order valence-corrected chi connectivity index (χ3v) is 6.51. The zero-order chi connectivity index (χ0) is 16.2. The van der Waals surface area contributed by atoms with Crippen LogP contribution in [0.25, 0.3) is 0 Å². The number of hydrogen-bond donors (Lipinski definition) is 1. The third kappa shape index (κ3) is 2.07. The Balaban J connectivity index is 1.89. The lowest BCUT2D eigenvalue weighted by molar-refractivity contribution is 0.149. The second-order valence-electron chi connectivity index (χ2n) is 7.93. The average Bonchev–Trinajstić information content (AvgIpc) is 2.85. The Bertz CT molecular complexity index is 685. The Labute approximate surface area is 140 Å². The van der Waals surface area contributed by atoms with E-state index in [0.29, 0.717) is 12.0 Å². The van der Waals surface area contributed by atoms with Gasteiger partial charge in [0.05, 0.1) is 0 Å². The molecule has 5 bridgehead atoms. The predicted octanol–water partition coefficient (Wildman–Crippen LogP) is 4.66. The van der Waals surface area contributed by atoms with Crippen molar-refractivity contribution in [2.75, 3.05) is 6.54 Å². The van der Waals surface area contributed by atoms with Crippen molar-refractivity contribution in [1.29, 1.82) is 0 Å². The number of nitrogens with zero attached hydrogens (tertiary/aromatic N) is 1. The largest absolute Gasteiger partial charge is 0.368 e. The lowest BCUT2D eigenvalue weighted by Crippen LogP contribution is -2.44. The summed E-state index contributed by atoms with van der Waals surface area (Å²) in [4.78, 5) is 2.72. The summed E-state index contributed by atoms with van der Waals surface area (Å²) in [5.74, 6) is 0.623. The molecule has 23 heavy (non-hydrogen) atoms. The first kappa shape index (κ1) is 14.9. The Morgan fingerprint density at radius 1 is 1.35 bits per heavy atom. The highest BCUT2D eigenvalue weighted by Gasteiger charge is 2.49. The normalized spacial score (nSPS) is 37.1. The molecule has 2 aliphatic carbocycles. The number of hydrogen-bond acceptors (Lipinski definition) is 2. The molecular formula is C21H28N2. The van der Waals surface area contributed by atoms with E-state index in [2.05, 4.69) is 68.5 Å². The number of rotatable bonds is 2. The number of likely N-dealkylation sites (tertiary alicyclic amines) is 1. The average molecular weight is 308 g/mol. The number of nitrogens with one attached hydrogen (secondary N) is 1. The van der Waals surface area contributed by atoms with E-state index in [0.717, 1.165) is 6.54 Å². The van der Waals surface area contributed by atoms with Gasteiger partial charge in [-0.3, -0.25) is 0 Å². The van der Waals surface area contributed by atoms with E-state index >= 15 is 0 Å². The van der Waals surface area contributed by atoms with Crippen LogP contribution in [0.2, 0.25) is 0 Å². The van der Waals surface area contributed by atoms with Crippen LogP contribution in [0.4, 0.5) is 0 Å². The maximum absolute atomic E-state index is 3.32. The quantitative estimate of drug-likeness (QED) is 0.747. The molecule has 2 nitrogen and oxygen atoms in total. The Kier molecular flexibility index (Phi) is 3.33. The molecule has 2 aliphatic heterocycles. The van der Waals surface area contributed by atoms with Crippen molar-refractivity contribution in [3.8, 4) is 0 Å². The summed E-state index contributed by atoms with van der Waals surface area (Å²) in [7, 11) is 0. The Morgan fingerprint density at radius 2 is 2.17 bits per heavy atom. The number of allylic oxidation sites excluding steroid dienone is 6. The first-order chi connectivity index (χ1) is 11.0. The summed E-state index contributed by atoms with van der Waals surface area (Å²) >= 11 is 0. The molecule has 0 saturated carbocycles. The molecule has 0 aromatic heterocycles. The molecule has 4 rings (SSSR count). The summed E-state index contributed by atoms with van der Waals surface area (Å²) in [6.45, 7) is 10.4.